The van der Waals surface area contributed by atoms with Crippen LogP contribution < -0.4 is 4.74 Å². The number of fused-ring (bicyclic) bond motifs is 2. The second-order valence-corrected chi connectivity index (χ2v) is 14.8. The number of carbonyl (C=O) groups excluding carboxylic acids is 2. The maximum atomic E-state index is 12.3. The number of hydrogen-bond acceptors (Lipinski definition) is 11. The maximum Gasteiger partial charge on any atom is 0.346 e. The van der Waals surface area contributed by atoms with Crippen molar-refractivity contribution in [2.24, 2.45) is 0 Å². The van der Waals surface area contributed by atoms with Crippen molar-refractivity contribution in [1.29, 1.82) is 0 Å². The van der Waals surface area contributed by atoms with Crippen LogP contribution in [0.2, 0.25) is 0 Å². The summed E-state index contributed by atoms with van der Waals surface area (Å²) in [7, 11) is 2.62. The Balaban J connectivity index is 1.28. The van der Waals surface area contributed by atoms with Crippen LogP contribution in [0.15, 0.2) is 81.4 Å². The highest BCUT2D eigenvalue weighted by Crippen LogP contribution is 2.63. The third-order valence-corrected chi connectivity index (χ3v) is 13.9. The minimum absolute atomic E-state index is 0.274. The summed E-state index contributed by atoms with van der Waals surface area (Å²) in [5, 5.41) is 4.56. The van der Waals surface area contributed by atoms with Gasteiger partial charge in [-0.15, -0.1) is 23.5 Å². The molecule has 0 saturated carbocycles. The topological polar surface area (TPSA) is 61.8 Å². The molecule has 3 aromatic rings. The fraction of sp³-hybridized carbons (Fsp3) is 0.185. The van der Waals surface area contributed by atoms with Crippen molar-refractivity contribution in [3.63, 3.8) is 0 Å². The van der Waals surface area contributed by atoms with Gasteiger partial charge in [0.2, 0.25) is 0 Å². The lowest BCUT2D eigenvalue weighted by Gasteiger charge is -2.13. The van der Waals surface area contributed by atoms with Gasteiger partial charge in [-0.25, -0.2) is 9.59 Å². The normalized spacial score (nSPS) is 15.7. The molecule has 5 rings (SSSR count). The van der Waals surface area contributed by atoms with Gasteiger partial charge in [0.1, 0.15) is 15.6 Å². The van der Waals surface area contributed by atoms with E-state index in [1.54, 1.807) is 47.0 Å². The number of rotatable bonds is 8. The number of thioether (sulfide) groups is 6. The molecule has 0 bridgehead atoms. The third-order valence-electron chi connectivity index (χ3n) is 5.51. The molecule has 3 aromatic carbocycles. The number of carbonyl (C=O) groups is 2. The molecule has 0 atom stereocenters. The van der Waals surface area contributed by atoms with Crippen LogP contribution in [0.1, 0.15) is 0 Å². The minimum Gasteiger partial charge on any atom is -0.491 e. The Morgan fingerprint density at radius 1 is 0.763 bits per heavy atom. The van der Waals surface area contributed by atoms with Crippen LogP contribution in [0, 0.1) is 0 Å². The number of esters is 2. The zero-order valence-electron chi connectivity index (χ0n) is 20.6. The first-order valence-electron chi connectivity index (χ1n) is 11.3. The molecule has 11 heteroatoms. The minimum atomic E-state index is -0.530. The van der Waals surface area contributed by atoms with E-state index in [4.69, 9.17) is 14.2 Å². The van der Waals surface area contributed by atoms with E-state index in [-0.39, 0.29) is 9.81 Å². The van der Waals surface area contributed by atoms with Crippen molar-refractivity contribution in [3.8, 4) is 5.75 Å². The van der Waals surface area contributed by atoms with Gasteiger partial charge in [-0.05, 0) is 23.1 Å². The molecule has 0 fully saturated rings. The molecule has 0 aromatic heterocycles. The molecule has 196 valence electrons. The zero-order chi connectivity index (χ0) is 26.6. The lowest BCUT2D eigenvalue weighted by atomic mass is 10.0. The van der Waals surface area contributed by atoms with E-state index < -0.39 is 11.9 Å². The van der Waals surface area contributed by atoms with E-state index in [1.807, 2.05) is 24.3 Å². The summed E-state index contributed by atoms with van der Waals surface area (Å²) in [6, 6.07) is 18.8. The van der Waals surface area contributed by atoms with Gasteiger partial charge < -0.3 is 14.2 Å². The van der Waals surface area contributed by atoms with Gasteiger partial charge >= 0.3 is 11.9 Å². The van der Waals surface area contributed by atoms with Crippen LogP contribution in [0.25, 0.3) is 21.5 Å². The van der Waals surface area contributed by atoms with Crippen molar-refractivity contribution in [1.82, 2.24) is 0 Å². The molecule has 0 spiro atoms. The first-order chi connectivity index (χ1) is 18.5. The predicted octanol–water partition coefficient (Wildman–Crippen LogP) is 8.24. The van der Waals surface area contributed by atoms with Crippen LogP contribution in [0.4, 0.5) is 0 Å². The average molecular weight is 619 g/mol. The summed E-state index contributed by atoms with van der Waals surface area (Å²) < 4.78 is 20.5. The molecular formula is C27H22O5S6. The first-order valence-corrected chi connectivity index (χ1v) is 16.8. The Hall–Kier alpha value is -1.76. The second kappa shape index (κ2) is 12.6. The fourth-order valence-electron chi connectivity index (χ4n) is 3.81. The van der Waals surface area contributed by atoms with E-state index >= 15 is 0 Å². The zero-order valence-corrected chi connectivity index (χ0v) is 25.5. The van der Waals surface area contributed by atoms with Crippen molar-refractivity contribution < 1.29 is 23.8 Å². The average Bonchev–Trinajstić information content (AvgIpc) is 3.58. The molecule has 2 aliphatic rings. The van der Waals surface area contributed by atoms with Crippen LogP contribution >= 0.6 is 70.6 Å². The third kappa shape index (κ3) is 5.73. The van der Waals surface area contributed by atoms with Crippen LogP contribution in [0.5, 0.6) is 5.75 Å². The van der Waals surface area contributed by atoms with Crippen molar-refractivity contribution in [2.45, 2.75) is 0 Å². The monoisotopic (exact) mass is 618 g/mol. The SMILES string of the molecule is COC(=O)C1=C(C(=O)OC)SC(=C2SC(SC)=C(SCCOc3c4ccccc4cc4ccccc34)S2)S1. The molecular weight excluding hydrogens is 597 g/mol. The maximum absolute atomic E-state index is 12.3. The van der Waals surface area contributed by atoms with E-state index in [0.717, 1.165) is 41.5 Å². The first kappa shape index (κ1) is 27.8. The van der Waals surface area contributed by atoms with Crippen molar-refractivity contribution >= 4 is 104 Å². The Bertz CT molecular complexity index is 1440. The van der Waals surface area contributed by atoms with Gasteiger partial charge in [-0.3, -0.25) is 0 Å². The Labute approximate surface area is 246 Å². The Morgan fingerprint density at radius 3 is 1.84 bits per heavy atom. The largest absolute Gasteiger partial charge is 0.491 e. The molecule has 2 aliphatic heterocycles. The van der Waals surface area contributed by atoms with Crippen molar-refractivity contribution in [3.05, 3.63) is 81.4 Å². The highest BCUT2D eigenvalue weighted by molar-refractivity contribution is 8.42. The van der Waals surface area contributed by atoms with Gasteiger partial charge in [-0.1, -0.05) is 95.6 Å². The van der Waals surface area contributed by atoms with E-state index in [1.165, 1.54) is 46.2 Å². The molecule has 38 heavy (non-hydrogen) atoms. The predicted molar refractivity (Wildman–Crippen MR) is 168 cm³/mol. The molecule has 0 saturated heterocycles. The summed E-state index contributed by atoms with van der Waals surface area (Å²) in [5.74, 6) is 0.645. The van der Waals surface area contributed by atoms with Crippen LogP contribution in [-0.2, 0) is 19.1 Å². The van der Waals surface area contributed by atoms with E-state index in [2.05, 4.69) is 36.6 Å². The molecule has 0 amide bonds. The van der Waals surface area contributed by atoms with E-state index in [0.29, 0.717) is 6.61 Å². The number of hydrogen-bond donors (Lipinski definition) is 0. The summed E-state index contributed by atoms with van der Waals surface area (Å²) in [6.07, 6.45) is 2.06. The standard InChI is InChI=1S/C27H22O5S6/c1-30-22(28)20-21(23(29)31-2)36-26(35-20)27-37-24(33-3)25(38-27)34-13-12-32-19-17-10-6-4-8-15(17)14-16-9-5-7-11-18(16)19/h4-11,14H,12-13H2,1-3H3. The van der Waals surface area contributed by atoms with Crippen LogP contribution in [-0.4, -0.2) is 44.8 Å². The van der Waals surface area contributed by atoms with Gasteiger partial charge in [0.05, 0.1) is 37.8 Å². The quantitative estimate of drug-likeness (QED) is 0.139. The summed E-state index contributed by atoms with van der Waals surface area (Å²) in [4.78, 5) is 25.1. The molecule has 5 nitrogen and oxygen atoms in total. The highest BCUT2D eigenvalue weighted by atomic mass is 32.3. The fourth-order valence-corrected chi connectivity index (χ4v) is 11.9. The Kier molecular flexibility index (Phi) is 9.22. The molecule has 0 N–H and O–H groups in total. The highest BCUT2D eigenvalue weighted by Gasteiger charge is 2.36. The second-order valence-electron chi connectivity index (χ2n) is 7.75. The van der Waals surface area contributed by atoms with Crippen LogP contribution in [0.3, 0.4) is 0 Å². The molecule has 0 radical (unpaired) electrons. The van der Waals surface area contributed by atoms with Gasteiger partial charge in [-0.2, -0.15) is 0 Å². The lowest BCUT2D eigenvalue weighted by Crippen LogP contribution is -2.08. The molecule has 0 unspecified atom stereocenters. The van der Waals surface area contributed by atoms with Crippen molar-refractivity contribution in [2.75, 3.05) is 32.8 Å². The smallest absolute Gasteiger partial charge is 0.346 e. The number of ether oxygens (including phenoxy) is 3. The Morgan fingerprint density at radius 2 is 1.29 bits per heavy atom. The molecule has 0 aliphatic carbocycles. The van der Waals surface area contributed by atoms with E-state index in [9.17, 15) is 9.59 Å². The summed E-state index contributed by atoms with van der Waals surface area (Å²) >= 11 is 9.33. The lowest BCUT2D eigenvalue weighted by molar-refractivity contribution is -0.138. The molecule has 2 heterocycles. The van der Waals surface area contributed by atoms with Gasteiger partial charge in [0, 0.05) is 16.5 Å². The number of methoxy groups -OCH3 is 2. The van der Waals surface area contributed by atoms with Gasteiger partial charge in [0.15, 0.2) is 0 Å². The van der Waals surface area contributed by atoms with Gasteiger partial charge in [0.25, 0.3) is 0 Å². The summed E-state index contributed by atoms with van der Waals surface area (Å²) in [6.45, 7) is 0.564. The summed E-state index contributed by atoms with van der Waals surface area (Å²) in [5.41, 5.74) is 0. The number of benzene rings is 3.